The lowest BCUT2D eigenvalue weighted by atomic mass is 9.48. The predicted octanol–water partition coefficient (Wildman–Crippen LogP) is 3.27. The summed E-state index contributed by atoms with van der Waals surface area (Å²) >= 11 is 0. The Labute approximate surface area is 204 Å². The number of carbonyl (C=O) groups is 4. The third-order valence-corrected chi connectivity index (χ3v) is 7.52. The van der Waals surface area contributed by atoms with Gasteiger partial charge in [0.25, 0.3) is 0 Å². The lowest BCUT2D eigenvalue weighted by molar-refractivity contribution is -0.385. The number of nitro groups is 1. The molecule has 0 saturated carbocycles. The number of nitrogens with zero attached hydrogens (tertiary/aromatic N) is 2. The van der Waals surface area contributed by atoms with E-state index in [0.717, 1.165) is 35.3 Å². The fraction of sp³-hybridized carbons (Fsp3) is 0.185. The average Bonchev–Trinajstić information content (AvgIpc) is 3.14. The van der Waals surface area contributed by atoms with Gasteiger partial charge in [0.15, 0.2) is 0 Å². The number of aldehydes is 1. The van der Waals surface area contributed by atoms with Crippen LogP contribution in [0.3, 0.4) is 0 Å². The third-order valence-electron chi connectivity index (χ3n) is 7.52. The molecular formula is C27H18N2O7. The van der Waals surface area contributed by atoms with Gasteiger partial charge in [-0.1, -0.05) is 48.5 Å². The minimum Gasteiger partial charge on any atom is -0.419 e. The van der Waals surface area contributed by atoms with Crippen molar-refractivity contribution in [1.29, 1.82) is 0 Å². The Morgan fingerprint density at radius 3 is 2.17 bits per heavy atom. The normalized spacial score (nSPS) is 25.1. The molecule has 178 valence electrons. The van der Waals surface area contributed by atoms with Crippen molar-refractivity contribution in [2.45, 2.75) is 18.3 Å². The highest BCUT2D eigenvalue weighted by Crippen LogP contribution is 2.63. The summed E-state index contributed by atoms with van der Waals surface area (Å²) in [4.78, 5) is 64.1. The standard InChI is InChI=1S/C27H18N2O7/c1-14(31)36-21-11-10-15(12-20(21)29(34)35)28-25(32)23-22-16-6-2-4-8-18(16)27(13-30,24(23)26(28)33)19-9-5-3-7-17(19)22/h2-13,22-24H,1H3/t22?,23-,24-,27?/m0/s1. The summed E-state index contributed by atoms with van der Waals surface area (Å²) in [6.45, 7) is 1.11. The molecule has 1 aliphatic heterocycles. The first-order valence-electron chi connectivity index (χ1n) is 11.3. The Bertz CT molecular complexity index is 1480. The molecule has 0 unspecified atom stereocenters. The Kier molecular flexibility index (Phi) is 4.50. The molecule has 0 aromatic heterocycles. The van der Waals surface area contributed by atoms with Crippen LogP contribution in [0.2, 0.25) is 0 Å². The van der Waals surface area contributed by atoms with Crippen LogP contribution in [0.15, 0.2) is 66.7 Å². The predicted molar refractivity (Wildman–Crippen MR) is 125 cm³/mol. The van der Waals surface area contributed by atoms with E-state index in [-0.39, 0.29) is 11.4 Å². The van der Waals surface area contributed by atoms with Crippen molar-refractivity contribution < 1.29 is 28.8 Å². The molecule has 2 bridgehead atoms. The molecule has 1 fully saturated rings. The summed E-state index contributed by atoms with van der Waals surface area (Å²) in [5.41, 5.74) is 1.10. The van der Waals surface area contributed by atoms with Gasteiger partial charge in [0, 0.05) is 18.9 Å². The van der Waals surface area contributed by atoms with Gasteiger partial charge in [0.1, 0.15) is 6.29 Å². The average molecular weight is 482 g/mol. The van der Waals surface area contributed by atoms with Gasteiger partial charge in [-0.2, -0.15) is 0 Å². The van der Waals surface area contributed by atoms with Gasteiger partial charge >= 0.3 is 11.7 Å². The van der Waals surface area contributed by atoms with Gasteiger partial charge < -0.3 is 9.53 Å². The molecule has 3 aromatic rings. The zero-order chi connectivity index (χ0) is 25.4. The van der Waals surface area contributed by atoms with Crippen molar-refractivity contribution in [1.82, 2.24) is 0 Å². The van der Waals surface area contributed by atoms with Crippen LogP contribution in [0.4, 0.5) is 11.4 Å². The fourth-order valence-electron chi connectivity index (χ4n) is 6.31. The zero-order valence-corrected chi connectivity index (χ0v) is 18.9. The monoisotopic (exact) mass is 482 g/mol. The highest BCUT2D eigenvalue weighted by atomic mass is 16.6. The number of anilines is 1. The Balaban J connectivity index is 1.55. The summed E-state index contributed by atoms with van der Waals surface area (Å²) in [7, 11) is 0. The Hall–Kier alpha value is -4.66. The number of carbonyl (C=O) groups excluding carboxylic acids is 4. The van der Waals surface area contributed by atoms with E-state index in [1.165, 1.54) is 12.1 Å². The van der Waals surface area contributed by atoms with E-state index in [4.69, 9.17) is 4.74 Å². The van der Waals surface area contributed by atoms with Crippen molar-refractivity contribution >= 4 is 35.4 Å². The van der Waals surface area contributed by atoms with Crippen molar-refractivity contribution in [3.63, 3.8) is 0 Å². The number of hydrogen-bond acceptors (Lipinski definition) is 7. The summed E-state index contributed by atoms with van der Waals surface area (Å²) < 4.78 is 4.92. The summed E-state index contributed by atoms with van der Waals surface area (Å²) in [6, 6.07) is 18.2. The topological polar surface area (TPSA) is 124 Å². The maximum absolute atomic E-state index is 14.0. The third kappa shape index (κ3) is 2.59. The molecular weight excluding hydrogens is 464 g/mol. The lowest BCUT2D eigenvalue weighted by Gasteiger charge is -2.51. The number of rotatable bonds is 4. The van der Waals surface area contributed by atoms with Crippen LogP contribution in [0, 0.1) is 22.0 Å². The van der Waals surface area contributed by atoms with Crippen LogP contribution in [0.1, 0.15) is 35.1 Å². The number of hydrogen-bond donors (Lipinski definition) is 0. The minimum absolute atomic E-state index is 0.0180. The van der Waals surface area contributed by atoms with Gasteiger partial charge in [-0.3, -0.25) is 24.5 Å². The molecule has 4 aliphatic rings. The molecule has 3 aromatic carbocycles. The van der Waals surface area contributed by atoms with Crippen molar-refractivity contribution in [3.05, 3.63) is 99.1 Å². The zero-order valence-electron chi connectivity index (χ0n) is 18.9. The quantitative estimate of drug-likeness (QED) is 0.140. The number of ether oxygens (including phenoxy) is 1. The number of benzene rings is 3. The van der Waals surface area contributed by atoms with Crippen LogP contribution in [-0.4, -0.2) is 29.0 Å². The van der Waals surface area contributed by atoms with Gasteiger partial charge in [0.05, 0.1) is 27.9 Å². The maximum atomic E-state index is 14.0. The van der Waals surface area contributed by atoms with Crippen LogP contribution >= 0.6 is 0 Å². The molecule has 1 saturated heterocycles. The van der Waals surface area contributed by atoms with Gasteiger partial charge in [-0.05, 0) is 34.4 Å². The minimum atomic E-state index is -1.36. The second kappa shape index (κ2) is 7.42. The molecule has 36 heavy (non-hydrogen) atoms. The van der Waals surface area contributed by atoms with E-state index >= 15 is 0 Å². The Morgan fingerprint density at radius 2 is 1.61 bits per heavy atom. The summed E-state index contributed by atoms with van der Waals surface area (Å²) in [5, 5.41) is 11.7. The molecule has 7 rings (SSSR count). The number of imide groups is 1. The van der Waals surface area contributed by atoms with Crippen molar-refractivity contribution in [3.8, 4) is 5.75 Å². The molecule has 0 N–H and O–H groups in total. The second-order valence-corrected chi connectivity index (χ2v) is 9.16. The molecule has 0 spiro atoms. The molecule has 0 radical (unpaired) electrons. The molecule has 2 atom stereocenters. The Morgan fingerprint density at radius 1 is 1.00 bits per heavy atom. The SMILES string of the molecule is CC(=O)Oc1ccc(N2C(=O)[C@@H]3[C@@H](C2=O)C2c4ccccc4C3(C=O)c3ccccc32)cc1[N+](=O)[O-]. The number of amides is 2. The van der Waals surface area contributed by atoms with Crippen molar-refractivity contribution in [2.75, 3.05) is 4.90 Å². The molecule has 3 aliphatic carbocycles. The molecule has 9 nitrogen and oxygen atoms in total. The maximum Gasteiger partial charge on any atom is 0.313 e. The fourth-order valence-corrected chi connectivity index (χ4v) is 6.31. The van der Waals surface area contributed by atoms with E-state index in [1.807, 2.05) is 36.4 Å². The largest absolute Gasteiger partial charge is 0.419 e. The molecule has 9 heteroatoms. The number of nitro benzene ring substituents is 1. The highest BCUT2D eigenvalue weighted by Gasteiger charge is 2.68. The van der Waals surface area contributed by atoms with Crippen LogP contribution in [-0.2, 0) is 24.6 Å². The van der Waals surface area contributed by atoms with Gasteiger partial charge in [-0.15, -0.1) is 0 Å². The summed E-state index contributed by atoms with van der Waals surface area (Å²) in [6.07, 6.45) is 0.763. The highest BCUT2D eigenvalue weighted by molar-refractivity contribution is 6.25. The van der Waals surface area contributed by atoms with E-state index in [1.54, 1.807) is 12.1 Å². The van der Waals surface area contributed by atoms with Gasteiger partial charge in [-0.25, -0.2) is 4.90 Å². The first kappa shape index (κ1) is 21.8. The van der Waals surface area contributed by atoms with Crippen LogP contribution in [0.5, 0.6) is 5.75 Å². The second-order valence-electron chi connectivity index (χ2n) is 9.16. The first-order valence-corrected chi connectivity index (χ1v) is 11.3. The molecule has 2 amide bonds. The summed E-state index contributed by atoms with van der Waals surface area (Å²) in [5.74, 6) is -4.45. The van der Waals surface area contributed by atoms with E-state index < -0.39 is 51.6 Å². The van der Waals surface area contributed by atoms with E-state index in [2.05, 4.69) is 0 Å². The smallest absolute Gasteiger partial charge is 0.313 e. The van der Waals surface area contributed by atoms with Gasteiger partial charge in [0.2, 0.25) is 17.6 Å². The first-order chi connectivity index (χ1) is 17.3. The lowest BCUT2D eigenvalue weighted by Crippen LogP contribution is -2.54. The van der Waals surface area contributed by atoms with E-state index in [0.29, 0.717) is 11.1 Å². The van der Waals surface area contributed by atoms with Crippen molar-refractivity contribution in [2.24, 2.45) is 11.8 Å². The number of esters is 1. The van der Waals surface area contributed by atoms with E-state index in [9.17, 15) is 29.3 Å². The molecule has 1 heterocycles. The van der Waals surface area contributed by atoms with Crippen LogP contribution < -0.4 is 9.64 Å². The van der Waals surface area contributed by atoms with Crippen LogP contribution in [0.25, 0.3) is 0 Å².